The van der Waals surface area contributed by atoms with Crippen molar-refractivity contribution in [1.82, 2.24) is 26.0 Å². The summed E-state index contributed by atoms with van der Waals surface area (Å²) in [4.78, 5) is 4.16. The average molecular weight is 308 g/mol. The summed E-state index contributed by atoms with van der Waals surface area (Å²) >= 11 is 1.62. The van der Waals surface area contributed by atoms with Gasteiger partial charge in [-0.05, 0) is 6.92 Å². The van der Waals surface area contributed by atoms with Gasteiger partial charge in [0.15, 0.2) is 11.7 Å². The van der Waals surface area contributed by atoms with Crippen molar-refractivity contribution < 1.29 is 4.52 Å². The average Bonchev–Trinajstić information content (AvgIpc) is 3.08. The third-order valence-electron chi connectivity index (χ3n) is 2.71. The smallest absolute Gasteiger partial charge is 0.191 e. The lowest BCUT2D eigenvalue weighted by atomic mass is 10.2. The van der Waals surface area contributed by atoms with Crippen molar-refractivity contribution >= 4 is 17.3 Å². The zero-order valence-electron chi connectivity index (χ0n) is 12.7. The largest absolute Gasteiger partial charge is 0.359 e. The van der Waals surface area contributed by atoms with Crippen LogP contribution in [-0.2, 0) is 13.1 Å². The van der Waals surface area contributed by atoms with E-state index in [1.807, 2.05) is 13.0 Å². The Morgan fingerprint density at radius 2 is 2.10 bits per heavy atom. The first kappa shape index (κ1) is 15.4. The van der Waals surface area contributed by atoms with Crippen LogP contribution in [0.25, 0.3) is 0 Å². The molecule has 0 saturated heterocycles. The van der Waals surface area contributed by atoms with Crippen LogP contribution in [0.4, 0.5) is 0 Å². The van der Waals surface area contributed by atoms with Crippen molar-refractivity contribution in [2.24, 2.45) is 4.99 Å². The molecule has 0 bridgehead atoms. The first-order chi connectivity index (χ1) is 10.1. The Morgan fingerprint density at radius 1 is 1.33 bits per heavy atom. The highest BCUT2D eigenvalue weighted by Crippen LogP contribution is 2.18. The summed E-state index contributed by atoms with van der Waals surface area (Å²) in [5, 5.41) is 20.5. The molecule has 2 aromatic rings. The summed E-state index contributed by atoms with van der Waals surface area (Å²) < 4.78 is 5.14. The summed E-state index contributed by atoms with van der Waals surface area (Å²) in [6.45, 7) is 7.24. The molecule has 2 N–H and O–H groups in total. The molecule has 21 heavy (non-hydrogen) atoms. The van der Waals surface area contributed by atoms with Crippen LogP contribution in [0.2, 0.25) is 0 Å². The van der Waals surface area contributed by atoms with E-state index < -0.39 is 0 Å². The molecule has 0 atom stereocenters. The van der Waals surface area contributed by atoms with Gasteiger partial charge in [-0.15, -0.1) is 10.2 Å². The molecule has 7 nitrogen and oxygen atoms in total. The van der Waals surface area contributed by atoms with Gasteiger partial charge in [0.05, 0.1) is 18.8 Å². The maximum Gasteiger partial charge on any atom is 0.191 e. The molecule has 2 heterocycles. The maximum absolute atomic E-state index is 5.14. The van der Waals surface area contributed by atoms with Crippen molar-refractivity contribution in [3.05, 3.63) is 27.5 Å². The van der Waals surface area contributed by atoms with Crippen molar-refractivity contribution in [3.8, 4) is 0 Å². The molecule has 0 aliphatic heterocycles. The Kier molecular flexibility index (Phi) is 5.26. The van der Waals surface area contributed by atoms with E-state index in [0.717, 1.165) is 21.5 Å². The van der Waals surface area contributed by atoms with Gasteiger partial charge in [0.25, 0.3) is 0 Å². The third kappa shape index (κ3) is 4.52. The van der Waals surface area contributed by atoms with Crippen LogP contribution >= 0.6 is 11.3 Å². The Balaban J connectivity index is 1.82. The minimum atomic E-state index is 0.406. The second kappa shape index (κ2) is 7.16. The molecule has 0 amide bonds. The molecule has 2 aromatic heterocycles. The first-order valence-electron chi connectivity index (χ1n) is 6.77. The predicted octanol–water partition coefficient (Wildman–Crippen LogP) is 1.82. The zero-order valence-corrected chi connectivity index (χ0v) is 13.5. The number of hydrogen-bond acceptors (Lipinski definition) is 6. The second-order valence-electron chi connectivity index (χ2n) is 4.90. The van der Waals surface area contributed by atoms with Gasteiger partial charge in [-0.1, -0.05) is 30.3 Å². The SMILES string of the molecule is CN=C(NCc1cc(C)no1)NCc1nnc(C(C)C)s1. The molecule has 0 unspecified atom stereocenters. The highest BCUT2D eigenvalue weighted by molar-refractivity contribution is 7.11. The summed E-state index contributed by atoms with van der Waals surface area (Å²) in [7, 11) is 1.72. The topological polar surface area (TPSA) is 88.2 Å². The normalized spacial score (nSPS) is 12.0. The molecule has 114 valence electrons. The Bertz CT molecular complexity index is 603. The lowest BCUT2D eigenvalue weighted by Gasteiger charge is -2.08. The van der Waals surface area contributed by atoms with Gasteiger partial charge >= 0.3 is 0 Å². The van der Waals surface area contributed by atoms with Crippen molar-refractivity contribution in [3.63, 3.8) is 0 Å². The fraction of sp³-hybridized carbons (Fsp3) is 0.538. The number of rotatable bonds is 5. The number of nitrogens with zero attached hydrogens (tertiary/aromatic N) is 4. The molecule has 0 saturated carbocycles. The Labute approximate surface area is 127 Å². The molecule has 8 heteroatoms. The van der Waals surface area contributed by atoms with Gasteiger partial charge in [-0.25, -0.2) is 0 Å². The molecule has 0 aliphatic rings. The highest BCUT2D eigenvalue weighted by atomic mass is 32.1. The fourth-order valence-electron chi connectivity index (χ4n) is 1.62. The highest BCUT2D eigenvalue weighted by Gasteiger charge is 2.08. The number of hydrogen-bond donors (Lipinski definition) is 2. The first-order valence-corrected chi connectivity index (χ1v) is 7.59. The second-order valence-corrected chi connectivity index (χ2v) is 6.00. The Morgan fingerprint density at radius 3 is 2.67 bits per heavy atom. The predicted molar refractivity (Wildman–Crippen MR) is 82.3 cm³/mol. The summed E-state index contributed by atoms with van der Waals surface area (Å²) in [6, 6.07) is 1.89. The van der Waals surface area contributed by atoms with E-state index in [-0.39, 0.29) is 0 Å². The van der Waals surface area contributed by atoms with Crippen LogP contribution in [0, 0.1) is 6.92 Å². The van der Waals surface area contributed by atoms with E-state index in [9.17, 15) is 0 Å². The standard InChI is InChI=1S/C13H20N6OS/c1-8(2)12-18-17-11(21-12)7-16-13(14-4)15-6-10-5-9(3)19-20-10/h5,8H,6-7H2,1-4H3,(H2,14,15,16). The number of nitrogens with one attached hydrogen (secondary N) is 2. The van der Waals surface area contributed by atoms with Crippen LogP contribution in [-0.4, -0.2) is 28.4 Å². The molecule has 0 aliphatic carbocycles. The van der Waals surface area contributed by atoms with Crippen LogP contribution in [0.3, 0.4) is 0 Å². The molecular formula is C13H20N6OS. The summed E-state index contributed by atoms with van der Waals surface area (Å²) in [6.07, 6.45) is 0. The Hall–Kier alpha value is -1.96. The molecule has 0 aromatic carbocycles. The lowest BCUT2D eigenvalue weighted by molar-refractivity contribution is 0.376. The van der Waals surface area contributed by atoms with E-state index >= 15 is 0 Å². The molecule has 2 rings (SSSR count). The third-order valence-corrected chi connectivity index (χ3v) is 3.94. The van der Waals surface area contributed by atoms with Crippen LogP contribution in [0.1, 0.15) is 41.2 Å². The van der Waals surface area contributed by atoms with Gasteiger partial charge < -0.3 is 15.2 Å². The molecular weight excluding hydrogens is 288 g/mol. The van der Waals surface area contributed by atoms with Crippen LogP contribution in [0.15, 0.2) is 15.6 Å². The van der Waals surface area contributed by atoms with E-state index in [4.69, 9.17) is 4.52 Å². The van der Waals surface area contributed by atoms with E-state index in [1.165, 1.54) is 0 Å². The minimum absolute atomic E-state index is 0.406. The quantitative estimate of drug-likeness (QED) is 0.647. The monoisotopic (exact) mass is 308 g/mol. The number of aryl methyl sites for hydroxylation is 1. The van der Waals surface area contributed by atoms with E-state index in [2.05, 4.69) is 44.8 Å². The molecule has 0 radical (unpaired) electrons. The molecule has 0 fully saturated rings. The van der Waals surface area contributed by atoms with E-state index in [1.54, 1.807) is 18.4 Å². The van der Waals surface area contributed by atoms with Gasteiger partial charge in [0, 0.05) is 19.0 Å². The summed E-state index contributed by atoms with van der Waals surface area (Å²) in [5.74, 6) is 1.86. The van der Waals surface area contributed by atoms with Crippen molar-refractivity contribution in [2.75, 3.05) is 7.05 Å². The number of aromatic nitrogens is 3. The number of guanidine groups is 1. The zero-order chi connectivity index (χ0) is 15.2. The van der Waals surface area contributed by atoms with Gasteiger partial charge in [-0.2, -0.15) is 0 Å². The van der Waals surface area contributed by atoms with Crippen molar-refractivity contribution in [2.45, 2.75) is 39.8 Å². The lowest BCUT2D eigenvalue weighted by Crippen LogP contribution is -2.36. The van der Waals surface area contributed by atoms with E-state index in [0.29, 0.717) is 25.0 Å². The minimum Gasteiger partial charge on any atom is -0.359 e. The molecule has 0 spiro atoms. The van der Waals surface area contributed by atoms with Gasteiger partial charge in [0.1, 0.15) is 10.0 Å². The summed E-state index contributed by atoms with van der Waals surface area (Å²) in [5.41, 5.74) is 0.866. The number of aliphatic imine (C=N–C) groups is 1. The maximum atomic E-state index is 5.14. The van der Waals surface area contributed by atoms with Gasteiger partial charge in [0.2, 0.25) is 0 Å². The van der Waals surface area contributed by atoms with Crippen LogP contribution in [0.5, 0.6) is 0 Å². The van der Waals surface area contributed by atoms with Crippen molar-refractivity contribution in [1.29, 1.82) is 0 Å². The fourth-order valence-corrected chi connectivity index (χ4v) is 2.41. The van der Waals surface area contributed by atoms with Gasteiger partial charge in [-0.3, -0.25) is 4.99 Å². The van der Waals surface area contributed by atoms with Crippen LogP contribution < -0.4 is 10.6 Å².